The first-order chi connectivity index (χ1) is 7.27. The maximum atomic E-state index is 4.17. The van der Waals surface area contributed by atoms with Crippen molar-refractivity contribution in [2.75, 3.05) is 5.32 Å². The number of imidazole rings is 1. The van der Waals surface area contributed by atoms with Crippen molar-refractivity contribution in [3.8, 4) is 0 Å². The van der Waals surface area contributed by atoms with Gasteiger partial charge in [0.05, 0.1) is 18.6 Å². The summed E-state index contributed by atoms with van der Waals surface area (Å²) in [7, 11) is 0. The molecule has 0 saturated heterocycles. The highest BCUT2D eigenvalue weighted by molar-refractivity contribution is 5.53. The minimum Gasteiger partial charge on any atom is -0.379 e. The smallest absolute Gasteiger partial charge is 0.0923 e. The minimum absolute atomic E-state index is 0.758. The van der Waals surface area contributed by atoms with Gasteiger partial charge in [-0.3, -0.25) is 0 Å². The summed E-state index contributed by atoms with van der Waals surface area (Å²) < 4.78 is 0. The fraction of sp³-hybridized carbons (Fsp3) is 0.250. The molecule has 15 heavy (non-hydrogen) atoms. The Kier molecular flexibility index (Phi) is 2.72. The van der Waals surface area contributed by atoms with E-state index >= 15 is 0 Å². The molecule has 0 aliphatic heterocycles. The van der Waals surface area contributed by atoms with E-state index in [1.54, 1.807) is 6.33 Å². The number of nitrogens with one attached hydrogen (secondary N) is 2. The summed E-state index contributed by atoms with van der Waals surface area (Å²) in [4.78, 5) is 7.11. The fourth-order valence-corrected chi connectivity index (χ4v) is 1.52. The van der Waals surface area contributed by atoms with Crippen molar-refractivity contribution >= 4 is 5.69 Å². The normalized spacial score (nSPS) is 10.3. The van der Waals surface area contributed by atoms with Crippen molar-refractivity contribution in [1.29, 1.82) is 0 Å². The molecule has 2 rings (SSSR count). The molecule has 2 aromatic rings. The summed E-state index contributed by atoms with van der Waals surface area (Å²) >= 11 is 0. The number of nitrogens with zero attached hydrogens (tertiary/aromatic N) is 1. The maximum absolute atomic E-state index is 4.17. The minimum atomic E-state index is 0.758. The molecular formula is C12H15N3. The first-order valence-corrected chi connectivity index (χ1v) is 5.05. The van der Waals surface area contributed by atoms with Crippen LogP contribution >= 0.6 is 0 Å². The molecule has 3 heteroatoms. The molecule has 0 spiro atoms. The van der Waals surface area contributed by atoms with Crippen LogP contribution in [0.25, 0.3) is 0 Å². The molecule has 0 amide bonds. The van der Waals surface area contributed by atoms with Gasteiger partial charge in [0.25, 0.3) is 0 Å². The second-order valence-electron chi connectivity index (χ2n) is 3.66. The second kappa shape index (κ2) is 4.17. The Morgan fingerprint density at radius 3 is 2.93 bits per heavy atom. The average Bonchev–Trinajstić information content (AvgIpc) is 2.73. The number of aromatic amines is 1. The van der Waals surface area contributed by atoms with E-state index in [1.807, 2.05) is 6.20 Å². The lowest BCUT2D eigenvalue weighted by molar-refractivity contribution is 1.07. The largest absolute Gasteiger partial charge is 0.379 e. The summed E-state index contributed by atoms with van der Waals surface area (Å²) in [6.07, 6.45) is 3.60. The Bertz CT molecular complexity index is 432. The Morgan fingerprint density at radius 2 is 2.20 bits per heavy atom. The second-order valence-corrected chi connectivity index (χ2v) is 3.66. The Morgan fingerprint density at radius 1 is 1.33 bits per heavy atom. The van der Waals surface area contributed by atoms with E-state index in [4.69, 9.17) is 0 Å². The van der Waals surface area contributed by atoms with Gasteiger partial charge in [-0.05, 0) is 31.0 Å². The molecule has 0 bridgehead atoms. The molecule has 0 aliphatic carbocycles. The number of anilines is 1. The van der Waals surface area contributed by atoms with E-state index in [1.165, 1.54) is 16.8 Å². The zero-order chi connectivity index (χ0) is 10.7. The van der Waals surface area contributed by atoms with Crippen LogP contribution in [0.15, 0.2) is 30.7 Å². The van der Waals surface area contributed by atoms with Crippen molar-refractivity contribution in [2.45, 2.75) is 20.4 Å². The van der Waals surface area contributed by atoms with E-state index in [0.29, 0.717) is 0 Å². The van der Waals surface area contributed by atoms with Gasteiger partial charge in [0.15, 0.2) is 0 Å². The zero-order valence-electron chi connectivity index (χ0n) is 9.04. The summed E-state index contributed by atoms with van der Waals surface area (Å²) in [6, 6.07) is 6.28. The Labute approximate surface area is 89.6 Å². The Hall–Kier alpha value is -1.77. The molecule has 1 aromatic carbocycles. The highest BCUT2D eigenvalue weighted by atomic mass is 14.9. The van der Waals surface area contributed by atoms with Gasteiger partial charge in [-0.25, -0.2) is 4.98 Å². The SMILES string of the molecule is Cc1cccc(NCc2c[nH]cn2)c1C. The van der Waals surface area contributed by atoms with Gasteiger partial charge >= 0.3 is 0 Å². The predicted molar refractivity (Wildman–Crippen MR) is 61.8 cm³/mol. The van der Waals surface area contributed by atoms with E-state index in [0.717, 1.165) is 12.2 Å². The van der Waals surface area contributed by atoms with Crippen molar-refractivity contribution in [3.05, 3.63) is 47.5 Å². The van der Waals surface area contributed by atoms with Crippen molar-refractivity contribution in [2.24, 2.45) is 0 Å². The van der Waals surface area contributed by atoms with Crippen LogP contribution in [0.2, 0.25) is 0 Å². The first kappa shape index (κ1) is 9.77. The third-order valence-corrected chi connectivity index (χ3v) is 2.62. The summed E-state index contributed by atoms with van der Waals surface area (Å²) in [6.45, 7) is 5.01. The zero-order valence-corrected chi connectivity index (χ0v) is 9.04. The highest BCUT2D eigenvalue weighted by Crippen LogP contribution is 2.18. The lowest BCUT2D eigenvalue weighted by Crippen LogP contribution is -2.01. The number of H-pyrrole nitrogens is 1. The van der Waals surface area contributed by atoms with E-state index in [9.17, 15) is 0 Å². The average molecular weight is 201 g/mol. The van der Waals surface area contributed by atoms with E-state index in [2.05, 4.69) is 47.3 Å². The molecular weight excluding hydrogens is 186 g/mol. The number of aryl methyl sites for hydroxylation is 1. The van der Waals surface area contributed by atoms with Crippen molar-refractivity contribution < 1.29 is 0 Å². The molecule has 3 nitrogen and oxygen atoms in total. The van der Waals surface area contributed by atoms with Crippen LogP contribution < -0.4 is 5.32 Å². The molecule has 0 radical (unpaired) electrons. The monoisotopic (exact) mass is 201 g/mol. The molecule has 1 aromatic heterocycles. The molecule has 0 atom stereocenters. The van der Waals surface area contributed by atoms with Crippen LogP contribution in [0.3, 0.4) is 0 Å². The molecule has 0 unspecified atom stereocenters. The van der Waals surface area contributed by atoms with Gasteiger partial charge in [0.2, 0.25) is 0 Å². The predicted octanol–water partition coefficient (Wildman–Crippen LogP) is 2.64. The number of hydrogen-bond donors (Lipinski definition) is 2. The Balaban J connectivity index is 2.08. The molecule has 78 valence electrons. The van der Waals surface area contributed by atoms with E-state index in [-0.39, 0.29) is 0 Å². The van der Waals surface area contributed by atoms with Gasteiger partial charge in [0, 0.05) is 11.9 Å². The molecule has 0 saturated carbocycles. The molecule has 2 N–H and O–H groups in total. The summed E-state index contributed by atoms with van der Waals surface area (Å²) in [5, 5.41) is 3.37. The van der Waals surface area contributed by atoms with Gasteiger partial charge in [-0.2, -0.15) is 0 Å². The number of aromatic nitrogens is 2. The van der Waals surface area contributed by atoms with Crippen LogP contribution in [0.4, 0.5) is 5.69 Å². The van der Waals surface area contributed by atoms with Gasteiger partial charge in [-0.15, -0.1) is 0 Å². The van der Waals surface area contributed by atoms with E-state index < -0.39 is 0 Å². The third kappa shape index (κ3) is 2.18. The molecule has 0 fully saturated rings. The van der Waals surface area contributed by atoms with Crippen molar-refractivity contribution in [3.63, 3.8) is 0 Å². The standard InChI is InChI=1S/C12H15N3/c1-9-4-3-5-12(10(9)2)14-7-11-6-13-8-15-11/h3-6,8,14H,7H2,1-2H3,(H,13,15). The fourth-order valence-electron chi connectivity index (χ4n) is 1.52. The van der Waals surface area contributed by atoms with Gasteiger partial charge in [-0.1, -0.05) is 12.1 Å². The maximum Gasteiger partial charge on any atom is 0.0923 e. The number of benzene rings is 1. The number of hydrogen-bond acceptors (Lipinski definition) is 2. The van der Waals surface area contributed by atoms with Crippen LogP contribution in [-0.4, -0.2) is 9.97 Å². The summed E-state index contributed by atoms with van der Waals surface area (Å²) in [5.74, 6) is 0. The van der Waals surface area contributed by atoms with Gasteiger partial charge in [0.1, 0.15) is 0 Å². The van der Waals surface area contributed by atoms with Crippen LogP contribution in [0, 0.1) is 13.8 Å². The number of rotatable bonds is 3. The summed E-state index contributed by atoms with van der Waals surface area (Å²) in [5.41, 5.74) is 4.81. The highest BCUT2D eigenvalue weighted by Gasteiger charge is 2.00. The lowest BCUT2D eigenvalue weighted by Gasteiger charge is -2.09. The third-order valence-electron chi connectivity index (χ3n) is 2.62. The molecule has 1 heterocycles. The van der Waals surface area contributed by atoms with Crippen molar-refractivity contribution in [1.82, 2.24) is 9.97 Å². The van der Waals surface area contributed by atoms with Crippen LogP contribution in [-0.2, 0) is 6.54 Å². The first-order valence-electron chi connectivity index (χ1n) is 5.05. The lowest BCUT2D eigenvalue weighted by atomic mass is 10.1. The quantitative estimate of drug-likeness (QED) is 0.801. The van der Waals surface area contributed by atoms with Gasteiger partial charge < -0.3 is 10.3 Å². The van der Waals surface area contributed by atoms with Crippen LogP contribution in [0.5, 0.6) is 0 Å². The topological polar surface area (TPSA) is 40.7 Å². The molecule has 0 aliphatic rings. The van der Waals surface area contributed by atoms with Crippen LogP contribution in [0.1, 0.15) is 16.8 Å².